The van der Waals surface area contributed by atoms with Gasteiger partial charge in [0.05, 0.1) is 17.7 Å². The third-order valence-electron chi connectivity index (χ3n) is 10.9. The fourth-order valence-electron chi connectivity index (χ4n) is 7.37. The molecular weight excluding hydrogens is 727 g/mol. The van der Waals surface area contributed by atoms with Crippen LogP contribution in [-0.2, 0) is 33.9 Å². The highest BCUT2D eigenvalue weighted by molar-refractivity contribution is 7.91. The van der Waals surface area contributed by atoms with Crippen LogP contribution >= 0.6 is 0 Å². The van der Waals surface area contributed by atoms with Crippen LogP contribution in [0.3, 0.4) is 0 Å². The minimum Gasteiger partial charge on any atom is -0.457 e. The van der Waals surface area contributed by atoms with Crippen molar-refractivity contribution >= 4 is 45.4 Å². The van der Waals surface area contributed by atoms with E-state index in [9.17, 15) is 32.4 Å². The van der Waals surface area contributed by atoms with Gasteiger partial charge in [-0.1, -0.05) is 51.1 Å². The van der Waals surface area contributed by atoms with Gasteiger partial charge >= 0.3 is 6.09 Å². The quantitative estimate of drug-likeness (QED) is 0.243. The summed E-state index contributed by atoms with van der Waals surface area (Å²) < 4.78 is 39.2. The first kappa shape index (κ1) is 39.8. The second kappa shape index (κ2) is 16.0. The maximum absolute atomic E-state index is 14.6. The van der Waals surface area contributed by atoms with Crippen molar-refractivity contribution in [1.29, 1.82) is 0 Å². The molecule has 2 aromatic rings. The van der Waals surface area contributed by atoms with Crippen molar-refractivity contribution in [2.75, 3.05) is 25.0 Å². The summed E-state index contributed by atoms with van der Waals surface area (Å²) in [5.74, 6) is -2.43. The molecule has 2 unspecified atom stereocenters. The SMILES string of the molecule is C=CC1CC1(NC(=O)[C@@H]1C[C@@H](OC(=O)Nc2cccc(Oc3ccccc3)c2)CN1C(=O)[C@@H](CC(=O)N1CCCCC1)C(C)(C)C)C(=O)NS(=O)(=O)C1CC1. The van der Waals surface area contributed by atoms with Crippen LogP contribution in [0.1, 0.15) is 72.1 Å². The Morgan fingerprint density at radius 3 is 2.31 bits per heavy atom. The van der Waals surface area contributed by atoms with Crippen LogP contribution in [0.4, 0.5) is 10.5 Å². The number of nitrogens with zero attached hydrogens (tertiary/aromatic N) is 2. The van der Waals surface area contributed by atoms with Gasteiger partial charge in [0.25, 0.3) is 5.91 Å². The predicted molar refractivity (Wildman–Crippen MR) is 204 cm³/mol. The number of ether oxygens (including phenoxy) is 2. The average molecular weight is 778 g/mol. The fraction of sp³-hybridized carbons (Fsp3) is 0.525. The van der Waals surface area contributed by atoms with Gasteiger partial charge in [-0.25, -0.2) is 13.2 Å². The Balaban J connectivity index is 1.20. The molecule has 296 valence electrons. The van der Waals surface area contributed by atoms with Crippen LogP contribution in [0.25, 0.3) is 0 Å². The Morgan fingerprint density at radius 1 is 0.982 bits per heavy atom. The van der Waals surface area contributed by atoms with Crippen LogP contribution in [0.15, 0.2) is 67.3 Å². The van der Waals surface area contributed by atoms with Gasteiger partial charge < -0.3 is 24.6 Å². The van der Waals surface area contributed by atoms with E-state index in [0.717, 1.165) is 19.3 Å². The van der Waals surface area contributed by atoms with Gasteiger partial charge in [0.1, 0.15) is 29.2 Å². The van der Waals surface area contributed by atoms with Gasteiger partial charge in [-0.3, -0.25) is 29.2 Å². The largest absolute Gasteiger partial charge is 0.457 e. The third kappa shape index (κ3) is 9.49. The summed E-state index contributed by atoms with van der Waals surface area (Å²) >= 11 is 0. The van der Waals surface area contributed by atoms with Crippen molar-refractivity contribution < 1.29 is 41.9 Å². The van der Waals surface area contributed by atoms with Crippen LogP contribution in [-0.4, -0.2) is 90.5 Å². The van der Waals surface area contributed by atoms with E-state index in [-0.39, 0.29) is 31.7 Å². The summed E-state index contributed by atoms with van der Waals surface area (Å²) in [5, 5.41) is 4.80. The number of hydrogen-bond donors (Lipinski definition) is 3. The lowest BCUT2D eigenvalue weighted by Crippen LogP contribution is -2.57. The maximum Gasteiger partial charge on any atom is 0.411 e. The molecule has 2 aliphatic carbocycles. The van der Waals surface area contributed by atoms with Gasteiger partial charge in [0.15, 0.2) is 0 Å². The minimum atomic E-state index is -3.91. The summed E-state index contributed by atoms with van der Waals surface area (Å²) in [5.41, 5.74) is -1.87. The molecule has 4 fully saturated rings. The molecule has 14 nitrogen and oxygen atoms in total. The Morgan fingerprint density at radius 2 is 1.67 bits per heavy atom. The summed E-state index contributed by atoms with van der Waals surface area (Å²) in [6.45, 7) is 10.4. The molecule has 0 radical (unpaired) electrons. The first-order valence-corrected chi connectivity index (χ1v) is 20.5. The van der Waals surface area contributed by atoms with Gasteiger partial charge in [-0.05, 0) is 68.2 Å². The zero-order valence-electron chi connectivity index (χ0n) is 31.6. The number of amides is 5. The Hall–Kier alpha value is -4.92. The van der Waals surface area contributed by atoms with E-state index in [2.05, 4.69) is 21.9 Å². The average Bonchev–Trinajstić information content (AvgIpc) is 4.07. The highest BCUT2D eigenvalue weighted by Gasteiger charge is 2.62. The number of para-hydroxylation sites is 1. The van der Waals surface area contributed by atoms with Gasteiger partial charge in [0.2, 0.25) is 27.7 Å². The molecule has 2 saturated heterocycles. The number of hydrogen-bond acceptors (Lipinski definition) is 9. The number of benzene rings is 2. The molecule has 0 aromatic heterocycles. The first-order valence-electron chi connectivity index (χ1n) is 19.0. The van der Waals surface area contributed by atoms with Gasteiger partial charge in [-0.15, -0.1) is 6.58 Å². The summed E-state index contributed by atoms with van der Waals surface area (Å²) in [7, 11) is -3.91. The predicted octanol–water partition coefficient (Wildman–Crippen LogP) is 4.73. The normalized spacial score (nSPS) is 24.2. The first-order chi connectivity index (χ1) is 26.1. The number of likely N-dealkylation sites (tertiary alicyclic amines) is 2. The molecule has 15 heteroatoms. The number of rotatable bonds is 13. The molecule has 4 aliphatic rings. The van der Waals surface area contributed by atoms with E-state index < -0.39 is 74.0 Å². The molecule has 2 saturated carbocycles. The summed E-state index contributed by atoms with van der Waals surface area (Å²) in [6, 6.07) is 14.7. The maximum atomic E-state index is 14.6. The highest BCUT2D eigenvalue weighted by atomic mass is 32.2. The van der Waals surface area contributed by atoms with Crippen molar-refractivity contribution in [3.05, 3.63) is 67.3 Å². The molecule has 2 aliphatic heterocycles. The van der Waals surface area contributed by atoms with Crippen molar-refractivity contribution in [3.63, 3.8) is 0 Å². The lowest BCUT2D eigenvalue weighted by atomic mass is 9.77. The van der Waals surface area contributed by atoms with Gasteiger partial charge in [-0.2, -0.15) is 0 Å². The molecule has 55 heavy (non-hydrogen) atoms. The summed E-state index contributed by atoms with van der Waals surface area (Å²) in [6.07, 6.45) is 3.40. The second-order valence-electron chi connectivity index (χ2n) is 16.1. The lowest BCUT2D eigenvalue weighted by Gasteiger charge is -2.36. The number of anilines is 1. The molecule has 6 rings (SSSR count). The zero-order chi connectivity index (χ0) is 39.5. The number of sulfonamides is 1. The number of carbonyl (C=O) groups excluding carboxylic acids is 5. The molecule has 2 aromatic carbocycles. The Bertz CT molecular complexity index is 1910. The molecule has 0 bridgehead atoms. The molecule has 2 heterocycles. The molecule has 0 spiro atoms. The fourth-order valence-corrected chi connectivity index (χ4v) is 8.73. The van der Waals surface area contributed by atoms with Crippen molar-refractivity contribution in [1.82, 2.24) is 19.8 Å². The second-order valence-corrected chi connectivity index (χ2v) is 18.0. The lowest BCUT2D eigenvalue weighted by molar-refractivity contribution is -0.148. The number of carbonyl (C=O) groups is 5. The molecule has 5 atom stereocenters. The van der Waals surface area contributed by atoms with Crippen molar-refractivity contribution in [2.24, 2.45) is 17.3 Å². The molecule has 3 N–H and O–H groups in total. The Labute approximate surface area is 322 Å². The number of nitrogens with one attached hydrogen (secondary N) is 3. The minimum absolute atomic E-state index is 0.0650. The standard InChI is InChI=1S/C40H51N5O9S/c1-5-26-24-40(26,37(49)43-55(51,52)31-17-18-31)42-35(47)33-22-30(54-38(50)41-27-13-12-16-29(21-27)53-28-14-8-6-9-15-28)25-45(33)36(48)32(39(2,3)4)23-34(46)44-19-10-7-11-20-44/h5-6,8-9,12-16,21,26,30-33H,1,7,10-11,17-20,22-25H2,2-4H3,(H,41,50)(H,42,47)(H,43,49)/t26?,30-,32-,33+,40?/m1/s1. The van der Waals surface area contributed by atoms with Crippen LogP contribution in [0.2, 0.25) is 0 Å². The summed E-state index contributed by atoms with van der Waals surface area (Å²) in [4.78, 5) is 72.1. The van der Waals surface area contributed by atoms with E-state index in [0.29, 0.717) is 43.1 Å². The number of piperidine rings is 1. The van der Waals surface area contributed by atoms with Crippen LogP contribution in [0, 0.1) is 17.3 Å². The monoisotopic (exact) mass is 777 g/mol. The highest BCUT2D eigenvalue weighted by Crippen LogP contribution is 2.46. The zero-order valence-corrected chi connectivity index (χ0v) is 32.4. The molecule has 5 amide bonds. The van der Waals surface area contributed by atoms with Crippen LogP contribution in [0.5, 0.6) is 11.5 Å². The van der Waals surface area contributed by atoms with E-state index in [1.807, 2.05) is 39.0 Å². The van der Waals surface area contributed by atoms with Crippen molar-refractivity contribution in [3.8, 4) is 11.5 Å². The smallest absolute Gasteiger partial charge is 0.411 e. The molecular formula is C40H51N5O9S. The van der Waals surface area contributed by atoms with E-state index in [4.69, 9.17) is 9.47 Å². The van der Waals surface area contributed by atoms with Crippen molar-refractivity contribution in [2.45, 2.75) is 95.1 Å². The van der Waals surface area contributed by atoms with E-state index in [1.165, 1.54) is 11.0 Å². The van der Waals surface area contributed by atoms with Gasteiger partial charge in [0, 0.05) is 43.6 Å². The third-order valence-corrected chi connectivity index (χ3v) is 12.7. The topological polar surface area (TPSA) is 181 Å². The van der Waals surface area contributed by atoms with E-state index in [1.54, 1.807) is 41.3 Å². The van der Waals surface area contributed by atoms with Crippen LogP contribution < -0.4 is 20.1 Å². The Kier molecular flexibility index (Phi) is 11.6. The van der Waals surface area contributed by atoms with E-state index >= 15 is 0 Å².